The van der Waals surface area contributed by atoms with Gasteiger partial charge in [-0.25, -0.2) is 0 Å². The molecule has 19 heavy (non-hydrogen) atoms. The molecule has 0 N–H and O–H groups in total. The van der Waals surface area contributed by atoms with Crippen molar-refractivity contribution in [3.05, 3.63) is 0 Å². The molecule has 0 amide bonds. The van der Waals surface area contributed by atoms with E-state index in [1.165, 1.54) is 51.0 Å². The maximum Gasteiger partial charge on any atom is 0.104 e. The van der Waals surface area contributed by atoms with E-state index in [4.69, 9.17) is 9.47 Å². The van der Waals surface area contributed by atoms with Gasteiger partial charge in [-0.3, -0.25) is 0 Å². The van der Waals surface area contributed by atoms with Crippen LogP contribution in [0, 0.1) is 0 Å². The van der Waals surface area contributed by atoms with Crippen molar-refractivity contribution in [1.29, 1.82) is 0 Å². The molecule has 1 rings (SSSR count). The van der Waals surface area contributed by atoms with Crippen molar-refractivity contribution in [2.24, 2.45) is 0 Å². The van der Waals surface area contributed by atoms with Crippen molar-refractivity contribution in [1.82, 2.24) is 0 Å². The molecule has 0 aromatic carbocycles. The lowest BCUT2D eigenvalue weighted by Gasteiger charge is -2.24. The highest BCUT2D eigenvalue weighted by atomic mass is 28.2. The molecule has 114 valence electrons. The van der Waals surface area contributed by atoms with E-state index < -0.39 is 0 Å². The molecule has 0 spiro atoms. The maximum atomic E-state index is 5.59. The highest BCUT2D eigenvalue weighted by Crippen LogP contribution is 2.31. The van der Waals surface area contributed by atoms with Gasteiger partial charge in [0.2, 0.25) is 0 Å². The number of epoxide rings is 1. The summed E-state index contributed by atoms with van der Waals surface area (Å²) in [6.07, 6.45) is 10.2. The molecule has 1 aliphatic heterocycles. The van der Waals surface area contributed by atoms with Gasteiger partial charge in [-0.1, -0.05) is 65.3 Å². The van der Waals surface area contributed by atoms with Crippen LogP contribution in [-0.4, -0.2) is 35.4 Å². The van der Waals surface area contributed by atoms with E-state index in [0.717, 1.165) is 19.8 Å². The van der Waals surface area contributed by atoms with Crippen molar-refractivity contribution in [3.8, 4) is 0 Å². The summed E-state index contributed by atoms with van der Waals surface area (Å²) in [5.41, 5.74) is 0. The van der Waals surface area contributed by atoms with Crippen LogP contribution >= 0.6 is 0 Å². The van der Waals surface area contributed by atoms with Gasteiger partial charge in [0.25, 0.3) is 0 Å². The Balaban J connectivity index is 1.86. The molecule has 0 saturated carbocycles. The molecule has 3 heteroatoms. The Hall–Kier alpha value is 0.137. The molecule has 2 nitrogen and oxygen atoms in total. The molecular formula is C16H34O2Si. The minimum Gasteiger partial charge on any atom is -0.379 e. The quantitative estimate of drug-likeness (QED) is 0.291. The van der Waals surface area contributed by atoms with Crippen LogP contribution in [0.15, 0.2) is 0 Å². The van der Waals surface area contributed by atoms with Crippen molar-refractivity contribution >= 4 is 9.52 Å². The molecule has 1 heterocycles. The van der Waals surface area contributed by atoms with Gasteiger partial charge in [-0.2, -0.15) is 0 Å². The second-order valence-electron chi connectivity index (χ2n) is 6.82. The summed E-state index contributed by atoms with van der Waals surface area (Å²) in [4.78, 5) is 0. The molecule has 0 aromatic rings. The summed E-state index contributed by atoms with van der Waals surface area (Å²) in [6, 6.07) is 1.44. The average molecular weight is 287 g/mol. The van der Waals surface area contributed by atoms with E-state index in [0.29, 0.717) is 11.1 Å². The minimum absolute atomic E-state index is 0.0568. The van der Waals surface area contributed by atoms with Crippen LogP contribution in [-0.2, 0) is 9.47 Å². The third kappa shape index (κ3) is 10.6. The summed E-state index contributed by atoms with van der Waals surface area (Å²) in [5, 5.41) is 0.659. The first-order valence-electron chi connectivity index (χ1n) is 8.33. The van der Waals surface area contributed by atoms with E-state index >= 15 is 0 Å². The fraction of sp³-hybridized carbons (Fsp3) is 1.00. The van der Waals surface area contributed by atoms with Gasteiger partial charge in [0, 0.05) is 16.1 Å². The van der Waals surface area contributed by atoms with Gasteiger partial charge >= 0.3 is 0 Å². The Morgan fingerprint density at radius 3 is 2.58 bits per heavy atom. The van der Waals surface area contributed by atoms with Gasteiger partial charge in [-0.15, -0.1) is 0 Å². The minimum atomic E-state index is 0.0568. The molecule has 0 aliphatic carbocycles. The zero-order valence-electron chi connectivity index (χ0n) is 13.4. The molecule has 1 unspecified atom stereocenters. The van der Waals surface area contributed by atoms with Crippen molar-refractivity contribution < 1.29 is 9.47 Å². The second kappa shape index (κ2) is 9.95. The molecule has 1 fully saturated rings. The van der Waals surface area contributed by atoms with Crippen LogP contribution < -0.4 is 0 Å². The first kappa shape index (κ1) is 17.2. The standard InChI is InChI=1S/C16H34O2Si/c1-4-5-6-7-8-10-16(2,3)19-12-9-11-17-13-15-14-18-15/h15H,4-14,19H2,1-3H3. The van der Waals surface area contributed by atoms with Crippen molar-refractivity contribution in [2.45, 2.75) is 82.9 Å². The molecular weight excluding hydrogens is 252 g/mol. The van der Waals surface area contributed by atoms with Crippen molar-refractivity contribution in [2.75, 3.05) is 19.8 Å². The molecule has 0 bridgehead atoms. The largest absolute Gasteiger partial charge is 0.379 e. The highest BCUT2D eigenvalue weighted by molar-refractivity contribution is 6.39. The zero-order valence-corrected chi connectivity index (χ0v) is 14.8. The Bertz CT molecular complexity index is 215. The van der Waals surface area contributed by atoms with Crippen LogP contribution in [0.25, 0.3) is 0 Å². The second-order valence-corrected chi connectivity index (χ2v) is 9.94. The lowest BCUT2D eigenvalue weighted by Crippen LogP contribution is -2.13. The monoisotopic (exact) mass is 286 g/mol. The highest BCUT2D eigenvalue weighted by Gasteiger charge is 2.22. The van der Waals surface area contributed by atoms with Gasteiger partial charge in [0.1, 0.15) is 6.10 Å². The third-order valence-electron chi connectivity index (χ3n) is 4.06. The number of hydrogen-bond donors (Lipinski definition) is 0. The van der Waals surface area contributed by atoms with Gasteiger partial charge in [0.15, 0.2) is 0 Å². The summed E-state index contributed by atoms with van der Waals surface area (Å²) in [7, 11) is 0.0568. The fourth-order valence-corrected chi connectivity index (χ4v) is 4.43. The Kier molecular flexibility index (Phi) is 9.00. The fourth-order valence-electron chi connectivity index (χ4n) is 2.52. The predicted octanol–water partition coefficient (Wildman–Crippen LogP) is 3.94. The van der Waals surface area contributed by atoms with Crippen molar-refractivity contribution in [3.63, 3.8) is 0 Å². The number of unbranched alkanes of at least 4 members (excludes halogenated alkanes) is 4. The van der Waals surface area contributed by atoms with E-state index in [2.05, 4.69) is 20.8 Å². The lowest BCUT2D eigenvalue weighted by molar-refractivity contribution is 0.117. The van der Waals surface area contributed by atoms with Gasteiger partial charge in [0.05, 0.1) is 13.2 Å². The van der Waals surface area contributed by atoms with E-state index in [-0.39, 0.29) is 9.52 Å². The first-order chi connectivity index (χ1) is 9.14. The predicted molar refractivity (Wildman–Crippen MR) is 85.9 cm³/mol. The number of hydrogen-bond acceptors (Lipinski definition) is 2. The molecule has 1 atom stereocenters. The molecule has 1 saturated heterocycles. The Morgan fingerprint density at radius 2 is 1.89 bits per heavy atom. The van der Waals surface area contributed by atoms with E-state index in [9.17, 15) is 0 Å². The van der Waals surface area contributed by atoms with E-state index in [1.54, 1.807) is 0 Å². The normalized spacial score (nSPS) is 19.4. The lowest BCUT2D eigenvalue weighted by atomic mass is 10.0. The summed E-state index contributed by atoms with van der Waals surface area (Å²) < 4.78 is 10.7. The SMILES string of the molecule is CCCCCCCC(C)(C)[SiH2]CCCOCC1CO1. The zero-order chi connectivity index (χ0) is 14.0. The third-order valence-corrected chi connectivity index (χ3v) is 6.62. The first-order valence-corrected chi connectivity index (χ1v) is 10.0. The average Bonchev–Trinajstić information content (AvgIpc) is 3.17. The van der Waals surface area contributed by atoms with Crippen LogP contribution in [0.2, 0.25) is 11.1 Å². The smallest absolute Gasteiger partial charge is 0.104 e. The van der Waals surface area contributed by atoms with Crippen LogP contribution in [0.1, 0.15) is 65.7 Å². The van der Waals surface area contributed by atoms with Crippen LogP contribution in [0.3, 0.4) is 0 Å². The summed E-state index contributed by atoms with van der Waals surface area (Å²) >= 11 is 0. The van der Waals surface area contributed by atoms with Gasteiger partial charge in [-0.05, 0) is 11.5 Å². The number of rotatable bonds is 13. The van der Waals surface area contributed by atoms with Crippen LogP contribution in [0.4, 0.5) is 0 Å². The Morgan fingerprint density at radius 1 is 1.16 bits per heavy atom. The Labute approximate surface area is 122 Å². The summed E-state index contributed by atoms with van der Waals surface area (Å²) in [6.45, 7) is 9.94. The topological polar surface area (TPSA) is 21.8 Å². The summed E-state index contributed by atoms with van der Waals surface area (Å²) in [5.74, 6) is 0. The molecule has 0 aromatic heterocycles. The molecule has 0 radical (unpaired) electrons. The van der Waals surface area contributed by atoms with Crippen LogP contribution in [0.5, 0.6) is 0 Å². The van der Waals surface area contributed by atoms with E-state index in [1.807, 2.05) is 0 Å². The number of ether oxygens (including phenoxy) is 2. The molecule has 1 aliphatic rings. The van der Waals surface area contributed by atoms with Gasteiger partial charge < -0.3 is 9.47 Å². The maximum absolute atomic E-state index is 5.59.